The first-order valence-electron chi connectivity index (χ1n) is 10.9. The van der Waals surface area contributed by atoms with E-state index in [9.17, 15) is 9.59 Å². The number of hydrogen-bond donors (Lipinski definition) is 4. The molecule has 0 aliphatic heterocycles. The van der Waals surface area contributed by atoms with Gasteiger partial charge in [-0.05, 0) is 30.3 Å². The van der Waals surface area contributed by atoms with Crippen molar-refractivity contribution in [3.63, 3.8) is 0 Å². The molecular formula is C26H21ClN6O2. The monoisotopic (exact) mass is 484 g/mol. The molecule has 2 aromatic heterocycles. The fourth-order valence-corrected chi connectivity index (χ4v) is 4.04. The molecule has 1 unspecified atom stereocenters. The Balaban J connectivity index is 1.30. The third-order valence-electron chi connectivity index (χ3n) is 5.61. The molecule has 1 aliphatic rings. The van der Waals surface area contributed by atoms with Gasteiger partial charge in [0.1, 0.15) is 0 Å². The summed E-state index contributed by atoms with van der Waals surface area (Å²) in [6, 6.07) is 15.0. The highest BCUT2D eigenvalue weighted by atomic mass is 35.5. The Bertz CT molecular complexity index is 1490. The second-order valence-electron chi connectivity index (χ2n) is 8.01. The van der Waals surface area contributed by atoms with Crippen LogP contribution in [-0.4, -0.2) is 32.8 Å². The van der Waals surface area contributed by atoms with E-state index in [1.165, 1.54) is 6.08 Å². The number of aromatic amines is 1. The molecule has 2 aromatic carbocycles. The van der Waals surface area contributed by atoms with Crippen LogP contribution in [0.3, 0.4) is 0 Å². The summed E-state index contributed by atoms with van der Waals surface area (Å²) in [5.41, 5.74) is 4.42. The highest BCUT2D eigenvalue weighted by Gasteiger charge is 2.25. The van der Waals surface area contributed by atoms with Crippen LogP contribution >= 0.6 is 11.6 Å². The standard InChI is InChI=1S/C26H21ClN6O2/c1-2-23(34)30-18-10-15(11-18)25(35)31-16-6-5-7-17(12-16)32-26-29-14-21(27)24(33-26)20-13-28-22-9-4-3-8-19(20)22/h2-10,12-14,18,28H,1,11H2,(H,30,34)(H,31,35)(H,29,32,33). The maximum Gasteiger partial charge on any atom is 0.251 e. The maximum absolute atomic E-state index is 12.5. The number of carbonyl (C=O) groups excluding carboxylic acids is 2. The molecule has 9 heteroatoms. The number of para-hydroxylation sites is 1. The van der Waals surface area contributed by atoms with Gasteiger partial charge in [-0.2, -0.15) is 0 Å². The molecule has 35 heavy (non-hydrogen) atoms. The fraction of sp³-hybridized carbons (Fsp3) is 0.0769. The van der Waals surface area contributed by atoms with Crippen molar-refractivity contribution in [1.29, 1.82) is 0 Å². The van der Waals surface area contributed by atoms with Gasteiger partial charge in [0.05, 0.1) is 23.0 Å². The molecule has 2 amide bonds. The Morgan fingerprint density at radius 3 is 2.77 bits per heavy atom. The number of nitrogens with one attached hydrogen (secondary N) is 4. The fourth-order valence-electron chi connectivity index (χ4n) is 3.85. The van der Waals surface area contributed by atoms with Gasteiger partial charge in [-0.3, -0.25) is 9.59 Å². The molecule has 0 fully saturated rings. The van der Waals surface area contributed by atoms with Gasteiger partial charge >= 0.3 is 0 Å². The molecule has 0 spiro atoms. The topological polar surface area (TPSA) is 112 Å². The first kappa shape index (κ1) is 22.4. The van der Waals surface area contributed by atoms with E-state index in [0.29, 0.717) is 40.0 Å². The summed E-state index contributed by atoms with van der Waals surface area (Å²) in [7, 11) is 0. The molecular weight excluding hydrogens is 464 g/mol. The van der Waals surface area contributed by atoms with Crippen LogP contribution < -0.4 is 16.0 Å². The number of aromatic nitrogens is 3. The van der Waals surface area contributed by atoms with Gasteiger partial charge in [0.25, 0.3) is 5.91 Å². The highest BCUT2D eigenvalue weighted by Crippen LogP contribution is 2.33. The number of hydrogen-bond acceptors (Lipinski definition) is 5. The number of fused-ring (bicyclic) bond motifs is 1. The number of benzene rings is 2. The van der Waals surface area contributed by atoms with Crippen molar-refractivity contribution in [3.8, 4) is 11.3 Å². The molecule has 0 bridgehead atoms. The third kappa shape index (κ3) is 4.78. The molecule has 174 valence electrons. The molecule has 0 saturated heterocycles. The number of rotatable bonds is 7. The van der Waals surface area contributed by atoms with Gasteiger partial charge in [-0.25, -0.2) is 9.97 Å². The van der Waals surface area contributed by atoms with Crippen LogP contribution in [0.1, 0.15) is 6.42 Å². The minimum Gasteiger partial charge on any atom is -0.360 e. The Morgan fingerprint density at radius 1 is 1.14 bits per heavy atom. The average Bonchev–Trinajstić information content (AvgIpc) is 3.26. The minimum atomic E-state index is -0.262. The number of amides is 2. The van der Waals surface area contributed by atoms with E-state index in [1.807, 2.05) is 42.6 Å². The Morgan fingerprint density at radius 2 is 1.94 bits per heavy atom. The van der Waals surface area contributed by atoms with Gasteiger partial charge in [-0.15, -0.1) is 0 Å². The second-order valence-corrected chi connectivity index (χ2v) is 8.42. The molecule has 4 N–H and O–H groups in total. The SMILES string of the molecule is C=CC(=O)NC1C=C(C(=O)Nc2cccc(Nc3ncc(Cl)c(-c4c[nH]c5ccccc45)n3)c2)C1. The first-order chi connectivity index (χ1) is 17.0. The zero-order chi connectivity index (χ0) is 24.4. The van der Waals surface area contributed by atoms with Crippen molar-refractivity contribution < 1.29 is 9.59 Å². The van der Waals surface area contributed by atoms with Crippen molar-refractivity contribution in [2.45, 2.75) is 12.5 Å². The van der Waals surface area contributed by atoms with Gasteiger partial charge in [-0.1, -0.05) is 48.5 Å². The number of anilines is 3. The van der Waals surface area contributed by atoms with Crippen LogP contribution in [0.15, 0.2) is 85.2 Å². The second kappa shape index (κ2) is 9.44. The molecule has 8 nitrogen and oxygen atoms in total. The smallest absolute Gasteiger partial charge is 0.251 e. The van der Waals surface area contributed by atoms with Gasteiger partial charge in [0.15, 0.2) is 0 Å². The van der Waals surface area contributed by atoms with E-state index in [4.69, 9.17) is 11.6 Å². The average molecular weight is 485 g/mol. The molecule has 1 atom stereocenters. The summed E-state index contributed by atoms with van der Waals surface area (Å²) in [4.78, 5) is 36.0. The van der Waals surface area contributed by atoms with Crippen LogP contribution in [0.5, 0.6) is 0 Å². The zero-order valence-corrected chi connectivity index (χ0v) is 19.3. The van der Waals surface area contributed by atoms with E-state index in [-0.39, 0.29) is 17.9 Å². The van der Waals surface area contributed by atoms with E-state index >= 15 is 0 Å². The van der Waals surface area contributed by atoms with Crippen molar-refractivity contribution in [1.82, 2.24) is 20.3 Å². The summed E-state index contributed by atoms with van der Waals surface area (Å²) in [5, 5.41) is 10.2. The largest absolute Gasteiger partial charge is 0.360 e. The number of nitrogens with zero attached hydrogens (tertiary/aromatic N) is 2. The van der Waals surface area contributed by atoms with Crippen molar-refractivity contribution in [3.05, 3.63) is 90.3 Å². The lowest BCUT2D eigenvalue weighted by atomic mass is 9.92. The highest BCUT2D eigenvalue weighted by molar-refractivity contribution is 6.33. The molecule has 2 heterocycles. The quantitative estimate of drug-likeness (QED) is 0.277. The molecule has 5 rings (SSSR count). The van der Waals surface area contributed by atoms with Gasteiger partial charge < -0.3 is 20.9 Å². The molecule has 1 aliphatic carbocycles. The van der Waals surface area contributed by atoms with E-state index in [1.54, 1.807) is 24.4 Å². The van der Waals surface area contributed by atoms with E-state index < -0.39 is 0 Å². The third-order valence-corrected chi connectivity index (χ3v) is 5.89. The van der Waals surface area contributed by atoms with Crippen LogP contribution in [0, 0.1) is 0 Å². The van der Waals surface area contributed by atoms with Gasteiger partial charge in [0, 0.05) is 46.0 Å². The zero-order valence-electron chi connectivity index (χ0n) is 18.5. The van der Waals surface area contributed by atoms with Crippen LogP contribution in [0.4, 0.5) is 17.3 Å². The summed E-state index contributed by atoms with van der Waals surface area (Å²) in [6.07, 6.45) is 6.84. The summed E-state index contributed by atoms with van der Waals surface area (Å²) >= 11 is 6.42. The number of H-pyrrole nitrogens is 1. The van der Waals surface area contributed by atoms with Crippen molar-refractivity contribution >= 4 is 51.6 Å². The lowest BCUT2D eigenvalue weighted by Gasteiger charge is -2.25. The van der Waals surface area contributed by atoms with Crippen LogP contribution in [-0.2, 0) is 9.59 Å². The summed E-state index contributed by atoms with van der Waals surface area (Å²) < 4.78 is 0. The van der Waals surface area contributed by atoms with Crippen molar-refractivity contribution in [2.75, 3.05) is 10.6 Å². The Kier molecular flexibility index (Phi) is 6.03. The predicted octanol–water partition coefficient (Wildman–Crippen LogP) is 4.96. The Hall–Kier alpha value is -4.43. The van der Waals surface area contributed by atoms with Crippen LogP contribution in [0.2, 0.25) is 5.02 Å². The minimum absolute atomic E-state index is 0.150. The molecule has 0 saturated carbocycles. The lowest BCUT2D eigenvalue weighted by molar-refractivity contribution is -0.117. The maximum atomic E-state index is 12.5. The Labute approximate surface area is 206 Å². The molecule has 0 radical (unpaired) electrons. The predicted molar refractivity (Wildman–Crippen MR) is 138 cm³/mol. The summed E-state index contributed by atoms with van der Waals surface area (Å²) in [6.45, 7) is 3.42. The first-order valence-corrected chi connectivity index (χ1v) is 11.3. The number of halogens is 1. The lowest BCUT2D eigenvalue weighted by Crippen LogP contribution is -2.39. The van der Waals surface area contributed by atoms with E-state index in [0.717, 1.165) is 16.5 Å². The van der Waals surface area contributed by atoms with Crippen molar-refractivity contribution in [2.24, 2.45) is 0 Å². The van der Waals surface area contributed by atoms with Gasteiger partial charge in [0.2, 0.25) is 11.9 Å². The number of carbonyl (C=O) groups is 2. The molecule has 4 aromatic rings. The normalized spacial score (nSPS) is 14.5. The van der Waals surface area contributed by atoms with E-state index in [2.05, 4.69) is 37.5 Å². The van der Waals surface area contributed by atoms with Crippen LogP contribution in [0.25, 0.3) is 22.2 Å². The summed E-state index contributed by atoms with van der Waals surface area (Å²) in [5.74, 6) is -0.0990.